The Morgan fingerprint density at radius 1 is 1.31 bits per heavy atom. The van der Waals surface area contributed by atoms with Crippen molar-refractivity contribution in [1.29, 1.82) is 0 Å². The molecule has 2 heteroatoms. The van der Waals surface area contributed by atoms with Crippen LogP contribution in [0, 0.1) is 11.8 Å². The fourth-order valence-corrected chi connectivity index (χ4v) is 2.48. The Hall–Kier alpha value is -0.0800. The normalized spacial score (nSPS) is 27.6. The fraction of sp³-hybridized carbons (Fsp3) is 1.00. The Bertz CT molecular complexity index is 182. The van der Waals surface area contributed by atoms with E-state index in [1.54, 1.807) is 0 Å². The second-order valence-electron chi connectivity index (χ2n) is 5.67. The maximum absolute atomic E-state index is 5.69. The van der Waals surface area contributed by atoms with E-state index in [0.29, 0.717) is 12.1 Å². The minimum Gasteiger partial charge on any atom is -0.378 e. The van der Waals surface area contributed by atoms with E-state index in [0.717, 1.165) is 25.0 Å². The van der Waals surface area contributed by atoms with Gasteiger partial charge < -0.3 is 10.1 Å². The zero-order valence-corrected chi connectivity index (χ0v) is 11.5. The van der Waals surface area contributed by atoms with Gasteiger partial charge in [0, 0.05) is 12.0 Å². The average Bonchev–Trinajstić information content (AvgIpc) is 2.64. The van der Waals surface area contributed by atoms with Gasteiger partial charge in [-0.2, -0.15) is 0 Å². The van der Waals surface area contributed by atoms with Gasteiger partial charge in [0.2, 0.25) is 0 Å². The number of nitrogens with one attached hydrogen (secondary N) is 1. The summed E-state index contributed by atoms with van der Waals surface area (Å²) in [6.45, 7) is 11.2. The molecule has 2 nitrogen and oxygen atoms in total. The SMILES string of the molecule is CCCNC(CCC(C)C)C1COC(C)C1. The Labute approximate surface area is 101 Å². The lowest BCUT2D eigenvalue weighted by atomic mass is 9.91. The molecule has 1 saturated heterocycles. The summed E-state index contributed by atoms with van der Waals surface area (Å²) in [5, 5.41) is 3.71. The van der Waals surface area contributed by atoms with Gasteiger partial charge >= 0.3 is 0 Å². The second-order valence-corrected chi connectivity index (χ2v) is 5.67. The van der Waals surface area contributed by atoms with Crippen molar-refractivity contribution < 1.29 is 4.74 Å². The third kappa shape index (κ3) is 4.84. The predicted octanol–water partition coefficient (Wildman–Crippen LogP) is 3.22. The van der Waals surface area contributed by atoms with Crippen molar-refractivity contribution in [2.24, 2.45) is 11.8 Å². The van der Waals surface area contributed by atoms with Crippen LogP contribution in [0.4, 0.5) is 0 Å². The van der Waals surface area contributed by atoms with E-state index in [4.69, 9.17) is 4.74 Å². The van der Waals surface area contributed by atoms with E-state index in [1.807, 2.05) is 0 Å². The van der Waals surface area contributed by atoms with E-state index in [1.165, 1.54) is 25.7 Å². The number of ether oxygens (including phenoxy) is 1. The molecule has 1 rings (SSSR count). The summed E-state index contributed by atoms with van der Waals surface area (Å²) in [5.41, 5.74) is 0. The predicted molar refractivity (Wildman–Crippen MR) is 69.7 cm³/mol. The Balaban J connectivity index is 2.36. The Morgan fingerprint density at radius 3 is 2.56 bits per heavy atom. The van der Waals surface area contributed by atoms with Gasteiger partial charge in [-0.3, -0.25) is 0 Å². The molecule has 0 radical (unpaired) electrons. The zero-order valence-electron chi connectivity index (χ0n) is 11.5. The van der Waals surface area contributed by atoms with Crippen LogP contribution >= 0.6 is 0 Å². The quantitative estimate of drug-likeness (QED) is 0.721. The van der Waals surface area contributed by atoms with Crippen LogP contribution < -0.4 is 5.32 Å². The molecular formula is C14H29NO. The van der Waals surface area contributed by atoms with E-state index < -0.39 is 0 Å². The molecule has 0 amide bonds. The highest BCUT2D eigenvalue weighted by molar-refractivity contribution is 4.82. The van der Waals surface area contributed by atoms with Crippen LogP contribution in [0.3, 0.4) is 0 Å². The van der Waals surface area contributed by atoms with Gasteiger partial charge in [0.15, 0.2) is 0 Å². The molecule has 1 heterocycles. The van der Waals surface area contributed by atoms with Crippen LogP contribution in [0.2, 0.25) is 0 Å². The Morgan fingerprint density at radius 2 is 2.06 bits per heavy atom. The smallest absolute Gasteiger partial charge is 0.0551 e. The second kappa shape index (κ2) is 7.29. The van der Waals surface area contributed by atoms with Crippen LogP contribution in [0.5, 0.6) is 0 Å². The molecule has 3 unspecified atom stereocenters. The first-order chi connectivity index (χ1) is 7.63. The minimum atomic E-state index is 0.468. The molecular weight excluding hydrogens is 198 g/mol. The van der Waals surface area contributed by atoms with Crippen LogP contribution in [-0.4, -0.2) is 25.3 Å². The lowest BCUT2D eigenvalue weighted by Crippen LogP contribution is -2.37. The number of hydrogen-bond donors (Lipinski definition) is 1. The topological polar surface area (TPSA) is 21.3 Å². The molecule has 1 aliphatic rings. The van der Waals surface area contributed by atoms with E-state index in [-0.39, 0.29) is 0 Å². The molecule has 0 spiro atoms. The first kappa shape index (κ1) is 14.0. The lowest BCUT2D eigenvalue weighted by Gasteiger charge is -2.24. The lowest BCUT2D eigenvalue weighted by molar-refractivity contribution is 0.116. The van der Waals surface area contributed by atoms with Crippen molar-refractivity contribution >= 4 is 0 Å². The molecule has 1 N–H and O–H groups in total. The highest BCUT2D eigenvalue weighted by Crippen LogP contribution is 2.25. The fourth-order valence-electron chi connectivity index (χ4n) is 2.48. The van der Waals surface area contributed by atoms with Gasteiger partial charge in [-0.05, 0) is 45.1 Å². The van der Waals surface area contributed by atoms with Gasteiger partial charge in [-0.1, -0.05) is 20.8 Å². The molecule has 0 aromatic rings. The maximum Gasteiger partial charge on any atom is 0.0551 e. The molecule has 3 atom stereocenters. The summed E-state index contributed by atoms with van der Waals surface area (Å²) in [6, 6.07) is 0.673. The molecule has 96 valence electrons. The van der Waals surface area contributed by atoms with Crippen LogP contribution in [-0.2, 0) is 4.74 Å². The van der Waals surface area contributed by atoms with Crippen molar-refractivity contribution in [3.63, 3.8) is 0 Å². The number of hydrogen-bond acceptors (Lipinski definition) is 2. The van der Waals surface area contributed by atoms with Gasteiger partial charge in [0.25, 0.3) is 0 Å². The van der Waals surface area contributed by atoms with Crippen molar-refractivity contribution in [3.8, 4) is 0 Å². The standard InChI is InChI=1S/C14H29NO/c1-5-8-15-14(7-6-11(2)3)13-9-12(4)16-10-13/h11-15H,5-10H2,1-4H3. The van der Waals surface area contributed by atoms with Crippen molar-refractivity contribution in [2.45, 2.75) is 65.5 Å². The molecule has 0 saturated carbocycles. The third-order valence-electron chi connectivity index (χ3n) is 3.51. The summed E-state index contributed by atoms with van der Waals surface area (Å²) >= 11 is 0. The van der Waals surface area contributed by atoms with E-state index >= 15 is 0 Å². The first-order valence-electron chi connectivity index (χ1n) is 6.98. The van der Waals surface area contributed by atoms with Crippen molar-refractivity contribution in [2.75, 3.05) is 13.2 Å². The highest BCUT2D eigenvalue weighted by Gasteiger charge is 2.28. The summed E-state index contributed by atoms with van der Waals surface area (Å²) in [5.74, 6) is 1.55. The molecule has 0 aromatic carbocycles. The molecule has 0 bridgehead atoms. The summed E-state index contributed by atoms with van der Waals surface area (Å²) < 4.78 is 5.69. The van der Waals surface area contributed by atoms with Gasteiger partial charge in [-0.25, -0.2) is 0 Å². The first-order valence-corrected chi connectivity index (χ1v) is 6.98. The van der Waals surface area contributed by atoms with E-state index in [2.05, 4.69) is 33.0 Å². The monoisotopic (exact) mass is 227 g/mol. The van der Waals surface area contributed by atoms with Gasteiger partial charge in [0.1, 0.15) is 0 Å². The van der Waals surface area contributed by atoms with Crippen molar-refractivity contribution in [3.05, 3.63) is 0 Å². The maximum atomic E-state index is 5.69. The molecule has 1 fully saturated rings. The van der Waals surface area contributed by atoms with E-state index in [9.17, 15) is 0 Å². The summed E-state index contributed by atoms with van der Waals surface area (Å²) in [6.07, 6.45) is 5.56. The zero-order chi connectivity index (χ0) is 12.0. The van der Waals surface area contributed by atoms with Crippen LogP contribution in [0.15, 0.2) is 0 Å². The molecule has 1 aliphatic heterocycles. The largest absolute Gasteiger partial charge is 0.378 e. The van der Waals surface area contributed by atoms with Gasteiger partial charge in [-0.15, -0.1) is 0 Å². The minimum absolute atomic E-state index is 0.468. The van der Waals surface area contributed by atoms with Crippen molar-refractivity contribution in [1.82, 2.24) is 5.32 Å². The van der Waals surface area contributed by atoms with Crippen LogP contribution in [0.1, 0.15) is 53.4 Å². The Kier molecular flexibility index (Phi) is 6.37. The average molecular weight is 227 g/mol. The summed E-state index contributed by atoms with van der Waals surface area (Å²) in [7, 11) is 0. The summed E-state index contributed by atoms with van der Waals surface area (Å²) in [4.78, 5) is 0. The molecule has 16 heavy (non-hydrogen) atoms. The van der Waals surface area contributed by atoms with Gasteiger partial charge in [0.05, 0.1) is 12.7 Å². The molecule has 0 aliphatic carbocycles. The van der Waals surface area contributed by atoms with Crippen LogP contribution in [0.25, 0.3) is 0 Å². The number of rotatable bonds is 7. The molecule has 0 aromatic heterocycles. The third-order valence-corrected chi connectivity index (χ3v) is 3.51. The highest BCUT2D eigenvalue weighted by atomic mass is 16.5.